The highest BCUT2D eigenvalue weighted by molar-refractivity contribution is 6.21. The number of rotatable bonds is 2. The van der Waals surface area contributed by atoms with E-state index in [0.29, 0.717) is 5.88 Å². The van der Waals surface area contributed by atoms with Gasteiger partial charge in [-0.25, -0.2) is 0 Å². The summed E-state index contributed by atoms with van der Waals surface area (Å²) in [5.41, 5.74) is 7.20. The summed E-state index contributed by atoms with van der Waals surface area (Å²) in [6.45, 7) is 0. The summed E-state index contributed by atoms with van der Waals surface area (Å²) in [5, 5.41) is 12.2. The van der Waals surface area contributed by atoms with Crippen molar-refractivity contribution >= 4 is 77.9 Å². The molecule has 1 aliphatic carbocycles. The number of aliphatic imine (C=N–C) groups is 1. The highest BCUT2D eigenvalue weighted by Crippen LogP contribution is 2.44. The SMILES string of the molecule is C1=c2oc3ccccc3c2=C(C2=Nc3oc4ccccc4c3C(n3c4ccccc4c4cc5ccccc5cc43)N2)CC1. The van der Waals surface area contributed by atoms with Gasteiger partial charge in [0.2, 0.25) is 5.88 Å². The number of fused-ring (bicyclic) bond motifs is 10. The van der Waals surface area contributed by atoms with Gasteiger partial charge in [0.25, 0.3) is 0 Å². The third kappa shape index (κ3) is 3.19. The topological polar surface area (TPSA) is 55.6 Å². The van der Waals surface area contributed by atoms with Gasteiger partial charge in [-0.15, -0.1) is 0 Å². The lowest BCUT2D eigenvalue weighted by atomic mass is 9.98. The average molecular weight is 556 g/mol. The highest BCUT2D eigenvalue weighted by atomic mass is 16.3. The maximum atomic E-state index is 6.51. The predicted octanol–water partition coefficient (Wildman–Crippen LogP) is 8.05. The van der Waals surface area contributed by atoms with Gasteiger partial charge in [-0.1, -0.05) is 78.9 Å². The molecule has 8 aromatic rings. The molecule has 43 heavy (non-hydrogen) atoms. The fourth-order valence-corrected chi connectivity index (χ4v) is 7.28. The van der Waals surface area contributed by atoms with Gasteiger partial charge in [0.1, 0.15) is 28.6 Å². The van der Waals surface area contributed by atoms with E-state index in [1.165, 1.54) is 32.6 Å². The van der Waals surface area contributed by atoms with Gasteiger partial charge in [-0.2, -0.15) is 4.99 Å². The molecule has 0 saturated heterocycles. The zero-order chi connectivity index (χ0) is 28.1. The van der Waals surface area contributed by atoms with Gasteiger partial charge < -0.3 is 18.7 Å². The number of benzene rings is 5. The Kier molecular flexibility index (Phi) is 4.55. The highest BCUT2D eigenvalue weighted by Gasteiger charge is 2.33. The maximum absolute atomic E-state index is 6.51. The fraction of sp³-hybridized carbons (Fsp3) is 0.0789. The van der Waals surface area contributed by atoms with E-state index in [-0.39, 0.29) is 6.17 Å². The van der Waals surface area contributed by atoms with Crippen LogP contribution >= 0.6 is 0 Å². The van der Waals surface area contributed by atoms with E-state index < -0.39 is 0 Å². The van der Waals surface area contributed by atoms with E-state index >= 15 is 0 Å². The molecule has 0 spiro atoms. The summed E-state index contributed by atoms with van der Waals surface area (Å²) in [5.74, 6) is 1.49. The molecule has 1 N–H and O–H groups in total. The van der Waals surface area contributed by atoms with Gasteiger partial charge in [0.15, 0.2) is 0 Å². The molecule has 3 aromatic heterocycles. The molecule has 0 saturated carbocycles. The first kappa shape index (κ1) is 23.1. The van der Waals surface area contributed by atoms with Crippen LogP contribution in [0.1, 0.15) is 24.6 Å². The summed E-state index contributed by atoms with van der Waals surface area (Å²) in [6, 6.07) is 38.5. The minimum atomic E-state index is -0.241. The second kappa shape index (κ2) is 8.49. The van der Waals surface area contributed by atoms with E-state index in [1.54, 1.807) is 0 Å². The number of furan rings is 2. The van der Waals surface area contributed by atoms with Crippen LogP contribution in [0.15, 0.2) is 123 Å². The first-order chi connectivity index (χ1) is 21.3. The predicted molar refractivity (Wildman–Crippen MR) is 174 cm³/mol. The van der Waals surface area contributed by atoms with E-state index in [9.17, 15) is 0 Å². The van der Waals surface area contributed by atoms with Crippen LogP contribution in [0.3, 0.4) is 0 Å². The van der Waals surface area contributed by atoms with Crippen molar-refractivity contribution in [3.05, 3.63) is 125 Å². The zero-order valence-corrected chi connectivity index (χ0v) is 23.2. The number of hydrogen-bond acceptors (Lipinski definition) is 4. The van der Waals surface area contributed by atoms with Crippen LogP contribution in [0.2, 0.25) is 0 Å². The van der Waals surface area contributed by atoms with Gasteiger partial charge >= 0.3 is 0 Å². The number of nitrogens with zero attached hydrogens (tertiary/aromatic N) is 2. The van der Waals surface area contributed by atoms with Gasteiger partial charge in [0.05, 0.1) is 16.6 Å². The van der Waals surface area contributed by atoms with Crippen LogP contribution in [0.4, 0.5) is 5.88 Å². The van der Waals surface area contributed by atoms with Crippen molar-refractivity contribution in [1.29, 1.82) is 0 Å². The summed E-state index contributed by atoms with van der Waals surface area (Å²) < 4.78 is 15.2. The molecular weight excluding hydrogens is 530 g/mol. The summed E-state index contributed by atoms with van der Waals surface area (Å²) in [6.07, 6.45) is 3.71. The number of amidine groups is 1. The molecule has 0 bridgehead atoms. The molecule has 2 aliphatic rings. The van der Waals surface area contributed by atoms with E-state index in [0.717, 1.165) is 62.4 Å². The van der Waals surface area contributed by atoms with Crippen LogP contribution in [-0.2, 0) is 0 Å². The second-order valence-corrected chi connectivity index (χ2v) is 11.5. The normalized spacial score (nSPS) is 16.4. The van der Waals surface area contributed by atoms with Crippen LogP contribution < -0.4 is 16.0 Å². The molecule has 5 heteroatoms. The molecular formula is C38H25N3O2. The maximum Gasteiger partial charge on any atom is 0.229 e. The lowest BCUT2D eigenvalue weighted by Crippen LogP contribution is -2.40. The molecule has 1 atom stereocenters. The minimum Gasteiger partial charge on any atom is -0.456 e. The Bertz CT molecular complexity index is 2610. The van der Waals surface area contributed by atoms with Crippen molar-refractivity contribution < 1.29 is 8.83 Å². The quantitative estimate of drug-likeness (QED) is 0.235. The summed E-state index contributed by atoms with van der Waals surface area (Å²) in [7, 11) is 0. The summed E-state index contributed by atoms with van der Waals surface area (Å²) >= 11 is 0. The molecule has 0 radical (unpaired) electrons. The molecule has 10 rings (SSSR count). The molecule has 1 aliphatic heterocycles. The van der Waals surface area contributed by atoms with Crippen LogP contribution in [0.25, 0.3) is 66.2 Å². The smallest absolute Gasteiger partial charge is 0.229 e. The van der Waals surface area contributed by atoms with Crippen molar-refractivity contribution in [1.82, 2.24) is 9.88 Å². The van der Waals surface area contributed by atoms with Crippen molar-refractivity contribution in [3.8, 4) is 0 Å². The monoisotopic (exact) mass is 555 g/mol. The van der Waals surface area contributed by atoms with E-state index in [1.807, 2.05) is 24.3 Å². The molecule has 5 nitrogen and oxygen atoms in total. The van der Waals surface area contributed by atoms with Gasteiger partial charge in [-0.3, -0.25) is 0 Å². The number of hydrogen-bond donors (Lipinski definition) is 1. The number of para-hydroxylation sites is 3. The zero-order valence-electron chi connectivity index (χ0n) is 23.2. The number of aromatic nitrogens is 1. The van der Waals surface area contributed by atoms with E-state index in [4.69, 9.17) is 13.8 Å². The molecule has 0 amide bonds. The van der Waals surface area contributed by atoms with Crippen LogP contribution in [0.5, 0.6) is 0 Å². The Balaban J connectivity index is 1.31. The fourth-order valence-electron chi connectivity index (χ4n) is 7.28. The Morgan fingerprint density at radius 2 is 1.37 bits per heavy atom. The Morgan fingerprint density at radius 3 is 2.23 bits per heavy atom. The standard InChI is InChI=1S/C38H25N3O2/c1-2-11-23-21-30-28(20-22(23)10-1)24-12-3-6-16-29(24)41(30)37-35-26-14-5-8-18-32(26)43-38(35)40-36(39-37)27-15-9-19-33-34(27)25-13-4-7-17-31(25)42-33/h1-8,10-14,16-21,37H,9,15H2,(H,39,40). The molecule has 204 valence electrons. The van der Waals surface area contributed by atoms with Gasteiger partial charge in [0, 0.05) is 32.3 Å². The van der Waals surface area contributed by atoms with Gasteiger partial charge in [-0.05, 0) is 60.0 Å². The average Bonchev–Trinajstić information content (AvgIpc) is 3.72. The third-order valence-electron chi connectivity index (χ3n) is 9.14. The molecule has 4 heterocycles. The molecule has 5 aromatic carbocycles. The van der Waals surface area contributed by atoms with Crippen LogP contribution in [0, 0.1) is 0 Å². The number of nitrogens with one attached hydrogen (secondary N) is 1. The van der Waals surface area contributed by atoms with Crippen molar-refractivity contribution in [2.75, 3.05) is 0 Å². The molecule has 1 unspecified atom stereocenters. The lowest BCUT2D eigenvalue weighted by Gasteiger charge is -2.29. The third-order valence-corrected chi connectivity index (χ3v) is 9.14. The lowest BCUT2D eigenvalue weighted by molar-refractivity contribution is 0.549. The van der Waals surface area contributed by atoms with Crippen LogP contribution in [-0.4, -0.2) is 10.4 Å². The largest absolute Gasteiger partial charge is 0.456 e. The Morgan fingerprint density at radius 1 is 0.674 bits per heavy atom. The van der Waals surface area contributed by atoms with Crippen molar-refractivity contribution in [2.24, 2.45) is 4.99 Å². The Labute approximate surface area is 245 Å². The van der Waals surface area contributed by atoms with Crippen molar-refractivity contribution in [2.45, 2.75) is 19.0 Å². The first-order valence-electron chi connectivity index (χ1n) is 14.8. The van der Waals surface area contributed by atoms with Crippen molar-refractivity contribution in [3.63, 3.8) is 0 Å². The summed E-state index contributed by atoms with van der Waals surface area (Å²) in [4.78, 5) is 5.19. The Hall–Kier alpha value is -5.55. The van der Waals surface area contributed by atoms with E-state index in [2.05, 4.69) is 101 Å². The molecule has 0 fully saturated rings. The first-order valence-corrected chi connectivity index (χ1v) is 14.8. The minimum absolute atomic E-state index is 0.241. The second-order valence-electron chi connectivity index (χ2n) is 11.5.